The van der Waals surface area contributed by atoms with E-state index in [0.717, 1.165) is 42.0 Å². The maximum atomic E-state index is 5.77. The van der Waals surface area contributed by atoms with Gasteiger partial charge in [0.15, 0.2) is 0 Å². The molecule has 1 aromatic rings. The van der Waals surface area contributed by atoms with Gasteiger partial charge in [-0.3, -0.25) is 4.99 Å². The molecule has 3 nitrogen and oxygen atoms in total. The number of hydrogen-bond donors (Lipinski definition) is 1. The predicted molar refractivity (Wildman–Crippen MR) is 83.5 cm³/mol. The van der Waals surface area contributed by atoms with E-state index in [1.54, 1.807) is 11.8 Å². The molecule has 2 rings (SSSR count). The Morgan fingerprint density at radius 3 is 2.68 bits per heavy atom. The third-order valence-corrected chi connectivity index (χ3v) is 3.72. The number of benzene rings is 1. The fourth-order valence-electron chi connectivity index (χ4n) is 1.86. The molecule has 1 unspecified atom stereocenters. The highest BCUT2D eigenvalue weighted by Gasteiger charge is 2.13. The molecule has 4 heteroatoms. The van der Waals surface area contributed by atoms with Crippen LogP contribution in [-0.2, 0) is 0 Å². The predicted octanol–water partition coefficient (Wildman–Crippen LogP) is 3.66. The molecule has 0 aliphatic carbocycles. The number of rotatable bonds is 5. The maximum Gasteiger partial charge on any atom is 0.148 e. The minimum absolute atomic E-state index is 0.166. The van der Waals surface area contributed by atoms with Crippen molar-refractivity contribution in [2.24, 2.45) is 10.7 Å². The van der Waals surface area contributed by atoms with E-state index < -0.39 is 0 Å². The number of allylic oxidation sites excluding steroid dienone is 1. The maximum absolute atomic E-state index is 5.77. The summed E-state index contributed by atoms with van der Waals surface area (Å²) in [5.41, 5.74) is 8.89. The molecule has 0 aromatic heterocycles. The molecular formula is C15H20N2OS. The zero-order valence-corrected chi connectivity index (χ0v) is 12.2. The van der Waals surface area contributed by atoms with Crippen LogP contribution in [0.15, 0.2) is 34.7 Å². The van der Waals surface area contributed by atoms with Crippen LogP contribution in [-0.4, -0.2) is 17.8 Å². The Hall–Kier alpha value is -1.26. The van der Waals surface area contributed by atoms with E-state index in [4.69, 9.17) is 10.5 Å². The van der Waals surface area contributed by atoms with Gasteiger partial charge in [-0.1, -0.05) is 37.2 Å². The van der Waals surface area contributed by atoms with E-state index in [2.05, 4.69) is 29.5 Å². The first kappa shape index (κ1) is 14.2. The summed E-state index contributed by atoms with van der Waals surface area (Å²) in [5.74, 6) is 0.924. The van der Waals surface area contributed by atoms with Crippen molar-refractivity contribution in [3.63, 3.8) is 0 Å². The second kappa shape index (κ2) is 6.78. The normalized spacial score (nSPS) is 18.8. The topological polar surface area (TPSA) is 47.6 Å². The summed E-state index contributed by atoms with van der Waals surface area (Å²) >= 11 is 1.54. The van der Waals surface area contributed by atoms with Gasteiger partial charge in [0, 0.05) is 11.3 Å². The molecule has 0 radical (unpaired) electrons. The number of ether oxygens (including phenoxy) is 1. The SMILES string of the molecule is CCCCOc1ccc(C2=CSC(N)N=C2C)cc1. The number of nitrogens with zero attached hydrogens (tertiary/aromatic N) is 1. The number of hydrogen-bond acceptors (Lipinski definition) is 4. The first-order chi connectivity index (χ1) is 9.20. The van der Waals surface area contributed by atoms with Crippen molar-refractivity contribution in [2.75, 3.05) is 6.61 Å². The van der Waals surface area contributed by atoms with Crippen LogP contribution < -0.4 is 10.5 Å². The lowest BCUT2D eigenvalue weighted by atomic mass is 10.0. The Morgan fingerprint density at radius 1 is 1.32 bits per heavy atom. The second-order valence-electron chi connectivity index (χ2n) is 4.50. The van der Waals surface area contributed by atoms with Crippen LogP contribution in [0.5, 0.6) is 5.75 Å². The first-order valence-corrected chi connectivity index (χ1v) is 7.54. The highest BCUT2D eigenvalue weighted by Crippen LogP contribution is 2.28. The van der Waals surface area contributed by atoms with Crippen LogP contribution in [0.1, 0.15) is 32.3 Å². The smallest absolute Gasteiger partial charge is 0.148 e. The molecule has 1 aliphatic rings. The summed E-state index contributed by atoms with van der Waals surface area (Å²) in [4.78, 5) is 4.38. The lowest BCUT2D eigenvalue weighted by Gasteiger charge is -2.16. The van der Waals surface area contributed by atoms with Gasteiger partial charge in [0.1, 0.15) is 11.2 Å². The van der Waals surface area contributed by atoms with E-state index >= 15 is 0 Å². The number of thioether (sulfide) groups is 1. The highest BCUT2D eigenvalue weighted by atomic mass is 32.2. The average Bonchev–Trinajstić information content (AvgIpc) is 2.40. The molecule has 0 saturated heterocycles. The molecule has 1 aliphatic heterocycles. The van der Waals surface area contributed by atoms with Crippen molar-refractivity contribution in [1.82, 2.24) is 0 Å². The average molecular weight is 276 g/mol. The molecule has 0 fully saturated rings. The number of aliphatic imine (C=N–C) groups is 1. The highest BCUT2D eigenvalue weighted by molar-refractivity contribution is 8.02. The third kappa shape index (κ3) is 3.85. The fourth-order valence-corrected chi connectivity index (χ4v) is 2.66. The van der Waals surface area contributed by atoms with Crippen molar-refractivity contribution < 1.29 is 4.74 Å². The molecular weight excluding hydrogens is 256 g/mol. The van der Waals surface area contributed by atoms with Gasteiger partial charge in [0.2, 0.25) is 0 Å². The quantitative estimate of drug-likeness (QED) is 0.835. The number of nitrogens with two attached hydrogens (primary N) is 1. The van der Waals surface area contributed by atoms with Crippen molar-refractivity contribution in [3.05, 3.63) is 35.2 Å². The molecule has 2 N–H and O–H groups in total. The molecule has 0 amide bonds. The van der Waals surface area contributed by atoms with Crippen molar-refractivity contribution >= 4 is 23.0 Å². The molecule has 0 bridgehead atoms. The summed E-state index contributed by atoms with van der Waals surface area (Å²) in [6, 6.07) is 8.17. The van der Waals surface area contributed by atoms with E-state index in [-0.39, 0.29) is 5.50 Å². The van der Waals surface area contributed by atoms with Gasteiger partial charge < -0.3 is 10.5 Å². The van der Waals surface area contributed by atoms with Gasteiger partial charge in [0.25, 0.3) is 0 Å². The minimum Gasteiger partial charge on any atom is -0.494 e. The molecule has 0 saturated carbocycles. The van der Waals surface area contributed by atoms with E-state index in [0.29, 0.717) is 0 Å². The molecule has 1 aromatic carbocycles. The lowest BCUT2D eigenvalue weighted by Crippen LogP contribution is -2.17. The van der Waals surface area contributed by atoms with E-state index in [1.807, 2.05) is 19.1 Å². The van der Waals surface area contributed by atoms with Gasteiger partial charge in [-0.15, -0.1) is 0 Å². The Balaban J connectivity index is 2.04. The molecule has 19 heavy (non-hydrogen) atoms. The van der Waals surface area contributed by atoms with Crippen molar-refractivity contribution in [1.29, 1.82) is 0 Å². The van der Waals surface area contributed by atoms with Crippen LogP contribution in [0, 0.1) is 0 Å². The van der Waals surface area contributed by atoms with Gasteiger partial charge in [-0.2, -0.15) is 0 Å². The Bertz CT molecular complexity index is 479. The van der Waals surface area contributed by atoms with Crippen molar-refractivity contribution in [2.45, 2.75) is 32.2 Å². The Morgan fingerprint density at radius 2 is 2.05 bits per heavy atom. The summed E-state index contributed by atoms with van der Waals surface area (Å²) < 4.78 is 5.66. The summed E-state index contributed by atoms with van der Waals surface area (Å²) in [6.07, 6.45) is 2.24. The Labute approximate surface area is 118 Å². The van der Waals surface area contributed by atoms with Gasteiger partial charge >= 0.3 is 0 Å². The van der Waals surface area contributed by atoms with Crippen LogP contribution in [0.3, 0.4) is 0 Å². The van der Waals surface area contributed by atoms with Gasteiger partial charge in [-0.05, 0) is 36.4 Å². The minimum atomic E-state index is -0.166. The van der Waals surface area contributed by atoms with Gasteiger partial charge in [0.05, 0.1) is 6.61 Å². The summed E-state index contributed by atoms with van der Waals surface area (Å²) in [7, 11) is 0. The van der Waals surface area contributed by atoms with Crippen LogP contribution in [0.2, 0.25) is 0 Å². The first-order valence-electron chi connectivity index (χ1n) is 6.60. The van der Waals surface area contributed by atoms with Crippen LogP contribution in [0.25, 0.3) is 5.57 Å². The van der Waals surface area contributed by atoms with Crippen LogP contribution >= 0.6 is 11.8 Å². The lowest BCUT2D eigenvalue weighted by molar-refractivity contribution is 0.309. The largest absolute Gasteiger partial charge is 0.494 e. The molecule has 1 heterocycles. The van der Waals surface area contributed by atoms with E-state index in [9.17, 15) is 0 Å². The van der Waals surface area contributed by atoms with Gasteiger partial charge in [-0.25, -0.2) is 0 Å². The number of unbranched alkanes of at least 4 members (excludes halogenated alkanes) is 1. The Kier molecular flexibility index (Phi) is 5.05. The zero-order chi connectivity index (χ0) is 13.7. The third-order valence-electron chi connectivity index (χ3n) is 2.97. The van der Waals surface area contributed by atoms with Crippen LogP contribution in [0.4, 0.5) is 0 Å². The molecule has 1 atom stereocenters. The molecule has 0 spiro atoms. The summed E-state index contributed by atoms with van der Waals surface area (Å²) in [6.45, 7) is 4.94. The molecule has 102 valence electrons. The summed E-state index contributed by atoms with van der Waals surface area (Å²) in [5, 5.41) is 2.08. The van der Waals surface area contributed by atoms with E-state index in [1.165, 1.54) is 0 Å². The van der Waals surface area contributed by atoms with Crippen molar-refractivity contribution in [3.8, 4) is 5.75 Å². The monoisotopic (exact) mass is 276 g/mol. The standard InChI is InChI=1S/C15H20N2OS/c1-3-4-9-18-13-7-5-12(6-8-13)14-10-19-15(16)17-11(14)2/h5-8,10,15H,3-4,9,16H2,1-2H3. The zero-order valence-electron chi connectivity index (χ0n) is 11.4. The fraction of sp³-hybridized carbons (Fsp3) is 0.400. The second-order valence-corrected chi connectivity index (χ2v) is 5.49.